The molecule has 1 unspecified atom stereocenters. The average molecular weight is 351 g/mol. The summed E-state index contributed by atoms with van der Waals surface area (Å²) in [5.74, 6) is -0.638. The van der Waals surface area contributed by atoms with E-state index in [1.165, 1.54) is 0 Å². The van der Waals surface area contributed by atoms with Crippen LogP contribution in [0.25, 0.3) is 0 Å². The highest BCUT2D eigenvalue weighted by Crippen LogP contribution is 2.22. The molecule has 1 atom stereocenters. The fourth-order valence-electron chi connectivity index (χ4n) is 2.75. The maximum atomic E-state index is 12.9. The number of benzene rings is 2. The lowest BCUT2D eigenvalue weighted by Crippen LogP contribution is -2.45. The van der Waals surface area contributed by atoms with E-state index >= 15 is 0 Å². The molecule has 0 radical (unpaired) electrons. The number of carbonyl (C=O) groups is 2. The second kappa shape index (κ2) is 9.42. The van der Waals surface area contributed by atoms with E-state index < -0.39 is 11.9 Å². The van der Waals surface area contributed by atoms with E-state index in [1.807, 2.05) is 60.7 Å². The summed E-state index contributed by atoms with van der Waals surface area (Å²) in [6.45, 7) is 5.57. The van der Waals surface area contributed by atoms with Gasteiger partial charge in [-0.15, -0.1) is 0 Å². The number of nitrogens with two attached hydrogens (primary N) is 1. The number of hydrogen-bond acceptors (Lipinski definition) is 3. The lowest BCUT2D eigenvalue weighted by atomic mass is 9.98. The monoisotopic (exact) mass is 351 g/mol. The molecule has 0 saturated carbocycles. The Bertz CT molecular complexity index is 705. The Morgan fingerprint density at radius 3 is 1.88 bits per heavy atom. The maximum Gasteiger partial charge on any atom is 0.243 e. The Morgan fingerprint density at radius 2 is 1.46 bits per heavy atom. The average Bonchev–Trinajstić information content (AvgIpc) is 2.64. The van der Waals surface area contributed by atoms with Gasteiger partial charge < -0.3 is 16.4 Å². The van der Waals surface area contributed by atoms with Crippen LogP contribution in [0, 0.1) is 0 Å². The summed E-state index contributed by atoms with van der Waals surface area (Å²) < 4.78 is 0. The van der Waals surface area contributed by atoms with Crippen LogP contribution < -0.4 is 16.4 Å². The molecule has 0 aliphatic carbocycles. The highest BCUT2D eigenvalue weighted by atomic mass is 16.2. The zero-order valence-corrected chi connectivity index (χ0v) is 14.9. The number of nitrogens with one attached hydrogen (secondary N) is 2. The van der Waals surface area contributed by atoms with E-state index in [2.05, 4.69) is 17.2 Å². The minimum Gasteiger partial charge on any atom is -0.378 e. The van der Waals surface area contributed by atoms with E-state index in [9.17, 15) is 9.59 Å². The van der Waals surface area contributed by atoms with Crippen LogP contribution in [-0.4, -0.2) is 17.9 Å². The van der Waals surface area contributed by atoms with Crippen molar-refractivity contribution in [3.8, 4) is 0 Å². The molecule has 2 aromatic rings. The molecule has 5 nitrogen and oxygen atoms in total. The van der Waals surface area contributed by atoms with Crippen LogP contribution in [0.5, 0.6) is 0 Å². The first kappa shape index (κ1) is 19.2. The largest absolute Gasteiger partial charge is 0.378 e. The third kappa shape index (κ3) is 5.77. The van der Waals surface area contributed by atoms with Crippen LogP contribution in [0.15, 0.2) is 72.9 Å². The van der Waals surface area contributed by atoms with Gasteiger partial charge in [0.15, 0.2) is 0 Å². The van der Waals surface area contributed by atoms with Gasteiger partial charge in [-0.25, -0.2) is 0 Å². The van der Waals surface area contributed by atoms with Crippen molar-refractivity contribution < 1.29 is 9.59 Å². The lowest BCUT2D eigenvalue weighted by Gasteiger charge is -2.24. The van der Waals surface area contributed by atoms with Gasteiger partial charge in [0.05, 0.1) is 6.04 Å². The summed E-state index contributed by atoms with van der Waals surface area (Å²) in [4.78, 5) is 24.0. The van der Waals surface area contributed by atoms with Crippen molar-refractivity contribution in [2.24, 2.45) is 5.73 Å². The molecule has 0 spiro atoms. The summed E-state index contributed by atoms with van der Waals surface area (Å²) in [5.41, 5.74) is 7.86. The summed E-state index contributed by atoms with van der Waals surface area (Å²) >= 11 is 0. The van der Waals surface area contributed by atoms with Crippen molar-refractivity contribution in [2.45, 2.75) is 31.8 Å². The van der Waals surface area contributed by atoms with E-state index in [4.69, 9.17) is 5.73 Å². The minimum absolute atomic E-state index is 0.125. The first-order valence-corrected chi connectivity index (χ1v) is 8.58. The van der Waals surface area contributed by atoms with Gasteiger partial charge in [0.25, 0.3) is 0 Å². The van der Waals surface area contributed by atoms with Crippen molar-refractivity contribution in [2.75, 3.05) is 0 Å². The zero-order valence-electron chi connectivity index (χ0n) is 14.9. The third-order valence-electron chi connectivity index (χ3n) is 3.97. The SMILES string of the molecule is C=C(C)NC(CCC(N)=O)C(=O)NC(c1ccccc1)c1ccccc1. The van der Waals surface area contributed by atoms with Gasteiger partial charge in [0.1, 0.15) is 6.04 Å². The van der Waals surface area contributed by atoms with Crippen molar-refractivity contribution in [3.63, 3.8) is 0 Å². The minimum atomic E-state index is -0.574. The molecule has 5 heteroatoms. The Labute approximate surface area is 154 Å². The molecule has 4 N–H and O–H groups in total. The van der Waals surface area contributed by atoms with E-state index in [1.54, 1.807) is 6.92 Å². The highest BCUT2D eigenvalue weighted by molar-refractivity contribution is 5.84. The normalized spacial score (nSPS) is 11.6. The molecule has 26 heavy (non-hydrogen) atoms. The molecule has 0 aliphatic heterocycles. The number of allylic oxidation sites excluding steroid dienone is 1. The van der Waals surface area contributed by atoms with Crippen LogP contribution >= 0.6 is 0 Å². The molecule has 2 amide bonds. The molecule has 2 rings (SSSR count). The highest BCUT2D eigenvalue weighted by Gasteiger charge is 2.23. The lowest BCUT2D eigenvalue weighted by molar-refractivity contribution is -0.124. The second-order valence-corrected chi connectivity index (χ2v) is 6.25. The van der Waals surface area contributed by atoms with Gasteiger partial charge in [-0.2, -0.15) is 0 Å². The van der Waals surface area contributed by atoms with Gasteiger partial charge in [-0.3, -0.25) is 9.59 Å². The van der Waals surface area contributed by atoms with Gasteiger partial charge in [0.2, 0.25) is 11.8 Å². The predicted molar refractivity (Wildman–Crippen MR) is 103 cm³/mol. The van der Waals surface area contributed by atoms with Crippen molar-refractivity contribution in [1.29, 1.82) is 0 Å². The Hall–Kier alpha value is -3.08. The van der Waals surface area contributed by atoms with Crippen molar-refractivity contribution in [1.82, 2.24) is 10.6 Å². The number of rotatable bonds is 9. The summed E-state index contributed by atoms with van der Waals surface area (Å²) in [7, 11) is 0. The Morgan fingerprint density at radius 1 is 0.962 bits per heavy atom. The van der Waals surface area contributed by atoms with E-state index in [-0.39, 0.29) is 18.4 Å². The number of primary amides is 1. The van der Waals surface area contributed by atoms with E-state index in [0.717, 1.165) is 11.1 Å². The van der Waals surface area contributed by atoms with Crippen molar-refractivity contribution in [3.05, 3.63) is 84.1 Å². The van der Waals surface area contributed by atoms with Crippen LogP contribution in [0.4, 0.5) is 0 Å². The van der Waals surface area contributed by atoms with Crippen LogP contribution in [0.3, 0.4) is 0 Å². The Balaban J connectivity index is 2.23. The van der Waals surface area contributed by atoms with Gasteiger partial charge in [-0.1, -0.05) is 67.2 Å². The van der Waals surface area contributed by atoms with Crippen LogP contribution in [-0.2, 0) is 9.59 Å². The van der Waals surface area contributed by atoms with Crippen LogP contribution in [0.2, 0.25) is 0 Å². The number of carbonyl (C=O) groups excluding carboxylic acids is 2. The number of hydrogen-bond donors (Lipinski definition) is 3. The summed E-state index contributed by atoms with van der Waals surface area (Å²) in [5, 5.41) is 6.11. The third-order valence-corrected chi connectivity index (χ3v) is 3.97. The molecular formula is C21H25N3O2. The molecule has 0 aliphatic rings. The van der Waals surface area contributed by atoms with Gasteiger partial charge >= 0.3 is 0 Å². The van der Waals surface area contributed by atoms with Crippen molar-refractivity contribution >= 4 is 11.8 Å². The first-order valence-electron chi connectivity index (χ1n) is 8.58. The zero-order chi connectivity index (χ0) is 18.9. The fraction of sp³-hybridized carbons (Fsp3) is 0.238. The molecule has 0 saturated heterocycles. The summed E-state index contributed by atoms with van der Waals surface area (Å²) in [6.07, 6.45) is 0.435. The molecular weight excluding hydrogens is 326 g/mol. The van der Waals surface area contributed by atoms with E-state index in [0.29, 0.717) is 12.1 Å². The molecule has 0 fully saturated rings. The first-order chi connectivity index (χ1) is 12.5. The smallest absolute Gasteiger partial charge is 0.243 e. The standard InChI is InChI=1S/C21H25N3O2/c1-15(2)23-18(13-14-19(22)25)21(26)24-20(16-9-5-3-6-10-16)17-11-7-4-8-12-17/h3-12,18,20,23H,1,13-14H2,2H3,(H2,22,25)(H,24,26). The van der Waals surface area contributed by atoms with Crippen LogP contribution in [0.1, 0.15) is 36.9 Å². The fourth-order valence-corrected chi connectivity index (χ4v) is 2.75. The summed E-state index contributed by atoms with van der Waals surface area (Å²) in [6, 6.07) is 18.7. The molecule has 136 valence electrons. The molecule has 0 bridgehead atoms. The number of amides is 2. The van der Waals surface area contributed by atoms with Gasteiger partial charge in [-0.05, 0) is 24.5 Å². The maximum absolute atomic E-state index is 12.9. The predicted octanol–water partition coefficient (Wildman–Crippen LogP) is 2.65. The quantitative estimate of drug-likeness (QED) is 0.649. The molecule has 2 aromatic carbocycles. The van der Waals surface area contributed by atoms with Gasteiger partial charge in [0, 0.05) is 12.1 Å². The topological polar surface area (TPSA) is 84.2 Å². The second-order valence-electron chi connectivity index (χ2n) is 6.25. The molecule has 0 aromatic heterocycles. The molecule has 0 heterocycles. The Kier molecular flexibility index (Phi) is 6.97.